The first-order valence-electron chi connectivity index (χ1n) is 10.4. The average molecular weight is 409 g/mol. The quantitative estimate of drug-likeness (QED) is 0.394. The molecule has 1 heterocycles. The topological polar surface area (TPSA) is 58.1 Å². The maximum absolute atomic E-state index is 5.53. The van der Waals surface area contributed by atoms with E-state index in [9.17, 15) is 0 Å². The molecule has 0 radical (unpaired) electrons. The van der Waals surface area contributed by atoms with E-state index >= 15 is 0 Å². The average Bonchev–Trinajstić information content (AvgIpc) is 3.32. The van der Waals surface area contributed by atoms with Gasteiger partial charge in [-0.3, -0.25) is 0 Å². The summed E-state index contributed by atoms with van der Waals surface area (Å²) in [4.78, 5) is 7.11. The van der Waals surface area contributed by atoms with Crippen molar-refractivity contribution in [2.45, 2.75) is 26.4 Å². The summed E-state index contributed by atoms with van der Waals surface area (Å²) in [6.07, 6.45) is 4.40. The molecule has 1 atom stereocenters. The van der Waals surface area contributed by atoms with Crippen molar-refractivity contribution in [1.82, 2.24) is 10.6 Å². The SMILES string of the molecule is CCNC(=NCc1ccc(N2CC=CC2)cc1)NC(C)c1cc(OC)ccc1OC. The number of nitrogens with zero attached hydrogens (tertiary/aromatic N) is 2. The van der Waals surface area contributed by atoms with Crippen LogP contribution in [-0.4, -0.2) is 39.8 Å². The molecule has 0 bridgehead atoms. The van der Waals surface area contributed by atoms with Gasteiger partial charge in [-0.1, -0.05) is 24.3 Å². The van der Waals surface area contributed by atoms with Gasteiger partial charge < -0.3 is 25.0 Å². The fraction of sp³-hybridized carbons (Fsp3) is 0.375. The van der Waals surface area contributed by atoms with Crippen LogP contribution in [0.3, 0.4) is 0 Å². The number of guanidine groups is 1. The number of aliphatic imine (C=N–C) groups is 1. The number of rotatable bonds is 8. The summed E-state index contributed by atoms with van der Waals surface area (Å²) in [5.41, 5.74) is 3.44. The minimum absolute atomic E-state index is 0.00195. The van der Waals surface area contributed by atoms with Gasteiger partial charge in [-0.25, -0.2) is 4.99 Å². The van der Waals surface area contributed by atoms with Crippen molar-refractivity contribution in [2.75, 3.05) is 38.8 Å². The Balaban J connectivity index is 1.68. The lowest BCUT2D eigenvalue weighted by atomic mass is 10.1. The fourth-order valence-corrected chi connectivity index (χ4v) is 3.45. The fourth-order valence-electron chi connectivity index (χ4n) is 3.45. The van der Waals surface area contributed by atoms with Crippen LogP contribution in [0.2, 0.25) is 0 Å². The molecule has 0 saturated heterocycles. The van der Waals surface area contributed by atoms with Crippen molar-refractivity contribution in [3.8, 4) is 11.5 Å². The number of ether oxygens (including phenoxy) is 2. The molecule has 6 nitrogen and oxygen atoms in total. The molecule has 2 aromatic carbocycles. The van der Waals surface area contributed by atoms with E-state index in [0.29, 0.717) is 6.54 Å². The molecule has 3 rings (SSSR count). The van der Waals surface area contributed by atoms with Crippen molar-refractivity contribution in [1.29, 1.82) is 0 Å². The van der Waals surface area contributed by atoms with Crippen LogP contribution in [0.4, 0.5) is 5.69 Å². The summed E-state index contributed by atoms with van der Waals surface area (Å²) < 4.78 is 10.9. The van der Waals surface area contributed by atoms with E-state index in [-0.39, 0.29) is 6.04 Å². The highest BCUT2D eigenvalue weighted by molar-refractivity contribution is 5.80. The Morgan fingerprint density at radius 2 is 1.80 bits per heavy atom. The molecule has 1 aliphatic heterocycles. The second-order valence-electron chi connectivity index (χ2n) is 7.21. The van der Waals surface area contributed by atoms with E-state index in [1.807, 2.05) is 18.2 Å². The Morgan fingerprint density at radius 3 is 2.43 bits per heavy atom. The molecule has 160 valence electrons. The van der Waals surface area contributed by atoms with Gasteiger partial charge in [-0.15, -0.1) is 0 Å². The summed E-state index contributed by atoms with van der Waals surface area (Å²) in [7, 11) is 3.35. The monoisotopic (exact) mass is 408 g/mol. The molecule has 1 unspecified atom stereocenters. The van der Waals surface area contributed by atoms with E-state index in [4.69, 9.17) is 14.5 Å². The molecule has 0 amide bonds. The highest BCUT2D eigenvalue weighted by Gasteiger charge is 2.14. The summed E-state index contributed by atoms with van der Waals surface area (Å²) in [6, 6.07) is 14.4. The van der Waals surface area contributed by atoms with Crippen LogP contribution in [0.15, 0.2) is 59.6 Å². The maximum Gasteiger partial charge on any atom is 0.192 e. The maximum atomic E-state index is 5.53. The summed E-state index contributed by atoms with van der Waals surface area (Å²) in [5.74, 6) is 2.39. The van der Waals surface area contributed by atoms with Gasteiger partial charge in [0.2, 0.25) is 0 Å². The zero-order valence-corrected chi connectivity index (χ0v) is 18.3. The van der Waals surface area contributed by atoms with Crippen LogP contribution in [0.25, 0.3) is 0 Å². The van der Waals surface area contributed by atoms with Gasteiger partial charge in [-0.2, -0.15) is 0 Å². The van der Waals surface area contributed by atoms with Gasteiger partial charge in [0.15, 0.2) is 5.96 Å². The normalized spacial score (nSPS) is 14.5. The van der Waals surface area contributed by atoms with Crippen LogP contribution < -0.4 is 25.0 Å². The van der Waals surface area contributed by atoms with E-state index in [1.54, 1.807) is 14.2 Å². The second-order valence-corrected chi connectivity index (χ2v) is 7.21. The Hall–Kier alpha value is -3.15. The number of hydrogen-bond donors (Lipinski definition) is 2. The van der Waals surface area contributed by atoms with Gasteiger partial charge in [0, 0.05) is 30.9 Å². The first kappa shape index (κ1) is 21.6. The third-order valence-corrected chi connectivity index (χ3v) is 5.14. The predicted octanol–water partition coefficient (Wildman–Crippen LogP) is 3.90. The first-order valence-corrected chi connectivity index (χ1v) is 10.4. The Kier molecular flexibility index (Phi) is 7.60. The lowest BCUT2D eigenvalue weighted by Crippen LogP contribution is -2.38. The number of hydrogen-bond acceptors (Lipinski definition) is 4. The van der Waals surface area contributed by atoms with E-state index < -0.39 is 0 Å². The Labute approximate surface area is 179 Å². The zero-order valence-electron chi connectivity index (χ0n) is 18.3. The minimum Gasteiger partial charge on any atom is -0.497 e. The molecule has 30 heavy (non-hydrogen) atoms. The van der Waals surface area contributed by atoms with E-state index in [1.165, 1.54) is 11.3 Å². The Bertz CT molecular complexity index is 869. The van der Waals surface area contributed by atoms with Crippen molar-refractivity contribution < 1.29 is 9.47 Å². The summed E-state index contributed by atoms with van der Waals surface area (Å²) >= 11 is 0. The molecule has 2 aromatic rings. The van der Waals surface area contributed by atoms with Crippen molar-refractivity contribution >= 4 is 11.6 Å². The van der Waals surface area contributed by atoms with Gasteiger partial charge in [0.1, 0.15) is 11.5 Å². The largest absolute Gasteiger partial charge is 0.497 e. The molecular formula is C24H32N4O2. The van der Waals surface area contributed by atoms with Crippen molar-refractivity contribution in [2.24, 2.45) is 4.99 Å². The van der Waals surface area contributed by atoms with Gasteiger partial charge in [0.05, 0.1) is 26.8 Å². The lowest BCUT2D eigenvalue weighted by molar-refractivity contribution is 0.394. The molecule has 0 aromatic heterocycles. The third kappa shape index (κ3) is 5.47. The molecule has 0 fully saturated rings. The molecule has 0 spiro atoms. The first-order chi connectivity index (χ1) is 14.6. The van der Waals surface area contributed by atoms with E-state index in [0.717, 1.165) is 42.7 Å². The van der Waals surface area contributed by atoms with Crippen molar-refractivity contribution in [3.63, 3.8) is 0 Å². The molecule has 0 saturated carbocycles. The standard InChI is InChI=1S/C24H32N4O2/c1-5-25-24(27-18(2)22-16-21(29-3)12-13-23(22)30-4)26-17-19-8-10-20(11-9-19)28-14-6-7-15-28/h6-13,16,18H,5,14-15,17H2,1-4H3,(H2,25,26,27). The van der Waals surface area contributed by atoms with Crippen LogP contribution in [0.1, 0.15) is 31.0 Å². The number of anilines is 1. The highest BCUT2D eigenvalue weighted by atomic mass is 16.5. The van der Waals surface area contributed by atoms with Crippen LogP contribution >= 0.6 is 0 Å². The van der Waals surface area contributed by atoms with E-state index in [2.05, 4.69) is 65.8 Å². The summed E-state index contributed by atoms with van der Waals surface area (Å²) in [5, 5.41) is 6.80. The molecule has 0 aliphatic carbocycles. The smallest absolute Gasteiger partial charge is 0.192 e. The zero-order chi connectivity index (χ0) is 21.3. The second kappa shape index (κ2) is 10.6. The predicted molar refractivity (Wildman–Crippen MR) is 124 cm³/mol. The van der Waals surface area contributed by atoms with Crippen molar-refractivity contribution in [3.05, 3.63) is 65.7 Å². The molecule has 1 aliphatic rings. The molecular weight excluding hydrogens is 376 g/mol. The third-order valence-electron chi connectivity index (χ3n) is 5.14. The Morgan fingerprint density at radius 1 is 1.07 bits per heavy atom. The highest BCUT2D eigenvalue weighted by Crippen LogP contribution is 2.29. The number of nitrogens with one attached hydrogen (secondary N) is 2. The summed E-state index contributed by atoms with van der Waals surface area (Å²) in [6.45, 7) is 7.51. The van der Waals surface area contributed by atoms with Gasteiger partial charge >= 0.3 is 0 Å². The number of benzene rings is 2. The van der Waals surface area contributed by atoms with Crippen LogP contribution in [0, 0.1) is 0 Å². The number of methoxy groups -OCH3 is 2. The van der Waals surface area contributed by atoms with Crippen LogP contribution in [-0.2, 0) is 6.54 Å². The molecule has 6 heteroatoms. The van der Waals surface area contributed by atoms with Gasteiger partial charge in [0.25, 0.3) is 0 Å². The lowest BCUT2D eigenvalue weighted by Gasteiger charge is -2.21. The van der Waals surface area contributed by atoms with Gasteiger partial charge in [-0.05, 0) is 49.7 Å². The van der Waals surface area contributed by atoms with Crippen LogP contribution in [0.5, 0.6) is 11.5 Å². The minimum atomic E-state index is -0.00195. The molecule has 2 N–H and O–H groups in total.